The summed E-state index contributed by atoms with van der Waals surface area (Å²) in [5.74, 6) is -0.199. The Bertz CT molecular complexity index is 822. The highest BCUT2D eigenvalue weighted by Crippen LogP contribution is 2.33. The molecule has 0 atom stereocenters. The summed E-state index contributed by atoms with van der Waals surface area (Å²) in [5, 5.41) is 6.91. The highest BCUT2D eigenvalue weighted by atomic mass is 32.1. The molecule has 4 rings (SSSR count). The van der Waals surface area contributed by atoms with Crippen molar-refractivity contribution in [2.75, 3.05) is 6.54 Å². The third kappa shape index (κ3) is 4.38. The molecular formula is C21H25N3O3S2. The minimum absolute atomic E-state index is 0.0444. The van der Waals surface area contributed by atoms with Crippen LogP contribution in [0.15, 0.2) is 35.0 Å². The van der Waals surface area contributed by atoms with E-state index in [1.165, 1.54) is 4.90 Å². The topological polar surface area (TPSA) is 69.7 Å². The van der Waals surface area contributed by atoms with Crippen LogP contribution in [0.2, 0.25) is 0 Å². The minimum atomic E-state index is -0.730. The second-order valence-corrected chi connectivity index (χ2v) is 9.75. The highest BCUT2D eigenvalue weighted by Gasteiger charge is 2.51. The van der Waals surface area contributed by atoms with Gasteiger partial charge in [-0.15, -0.1) is 22.7 Å². The molecular weight excluding hydrogens is 406 g/mol. The van der Waals surface area contributed by atoms with Gasteiger partial charge in [-0.3, -0.25) is 14.5 Å². The standard InChI is InChI=1S/C21H25N3O3S2/c25-18(23(14-16-6-4-12-28-16)15-17-7-5-13-29-17)8-11-24-19(26)21(22-20(24)27)9-2-1-3-10-21/h4-7,12-13H,1-3,8-11,14-15H2,(H,22,27). The Morgan fingerprint density at radius 2 is 1.66 bits per heavy atom. The summed E-state index contributed by atoms with van der Waals surface area (Å²) in [5.41, 5.74) is -0.730. The lowest BCUT2D eigenvalue weighted by atomic mass is 9.82. The third-order valence-corrected chi connectivity index (χ3v) is 7.43. The molecule has 1 spiro atoms. The number of urea groups is 1. The van der Waals surface area contributed by atoms with Gasteiger partial charge in [0.2, 0.25) is 5.91 Å². The van der Waals surface area contributed by atoms with Crippen LogP contribution < -0.4 is 5.32 Å². The fraction of sp³-hybridized carbons (Fsp3) is 0.476. The number of nitrogens with one attached hydrogen (secondary N) is 1. The summed E-state index contributed by atoms with van der Waals surface area (Å²) in [6, 6.07) is 7.63. The molecule has 6 nitrogen and oxygen atoms in total. The van der Waals surface area contributed by atoms with E-state index in [2.05, 4.69) is 5.32 Å². The van der Waals surface area contributed by atoms with E-state index in [1.54, 1.807) is 22.7 Å². The molecule has 2 fully saturated rings. The Morgan fingerprint density at radius 1 is 1.03 bits per heavy atom. The van der Waals surface area contributed by atoms with E-state index in [0.717, 1.165) is 29.0 Å². The lowest BCUT2D eigenvalue weighted by Crippen LogP contribution is -2.48. The molecule has 1 aliphatic heterocycles. The van der Waals surface area contributed by atoms with Crippen molar-refractivity contribution in [1.29, 1.82) is 0 Å². The van der Waals surface area contributed by atoms with Crippen molar-refractivity contribution in [2.45, 2.75) is 57.2 Å². The van der Waals surface area contributed by atoms with E-state index >= 15 is 0 Å². The van der Waals surface area contributed by atoms with Crippen molar-refractivity contribution in [3.63, 3.8) is 0 Å². The van der Waals surface area contributed by atoms with Gasteiger partial charge in [-0.2, -0.15) is 0 Å². The molecule has 0 bridgehead atoms. The Morgan fingerprint density at radius 3 is 2.21 bits per heavy atom. The summed E-state index contributed by atoms with van der Waals surface area (Å²) in [7, 11) is 0. The third-order valence-electron chi connectivity index (χ3n) is 5.71. The zero-order valence-electron chi connectivity index (χ0n) is 16.3. The lowest BCUT2D eigenvalue weighted by Gasteiger charge is -2.30. The average molecular weight is 432 g/mol. The number of rotatable bonds is 7. The fourth-order valence-electron chi connectivity index (χ4n) is 4.15. The van der Waals surface area contributed by atoms with Crippen molar-refractivity contribution in [2.24, 2.45) is 0 Å². The van der Waals surface area contributed by atoms with Crippen LogP contribution in [-0.4, -0.2) is 39.7 Å². The number of amides is 4. The van der Waals surface area contributed by atoms with E-state index in [-0.39, 0.29) is 30.8 Å². The molecule has 4 amide bonds. The summed E-state index contributed by atoms with van der Waals surface area (Å²) < 4.78 is 0. The van der Waals surface area contributed by atoms with Crippen molar-refractivity contribution in [3.05, 3.63) is 44.8 Å². The Labute approximate surface area is 178 Å². The molecule has 1 saturated heterocycles. The lowest BCUT2D eigenvalue weighted by molar-refractivity contribution is -0.135. The van der Waals surface area contributed by atoms with Crippen LogP contribution in [-0.2, 0) is 22.7 Å². The van der Waals surface area contributed by atoms with Crippen LogP contribution in [0, 0.1) is 0 Å². The van der Waals surface area contributed by atoms with Crippen LogP contribution in [0.1, 0.15) is 48.3 Å². The van der Waals surface area contributed by atoms with Gasteiger partial charge in [-0.1, -0.05) is 31.4 Å². The molecule has 3 heterocycles. The summed E-state index contributed by atoms with van der Waals surface area (Å²) >= 11 is 3.24. The first kappa shape index (κ1) is 20.1. The van der Waals surface area contributed by atoms with Gasteiger partial charge in [0.05, 0.1) is 13.1 Å². The van der Waals surface area contributed by atoms with Gasteiger partial charge in [0.15, 0.2) is 0 Å². The zero-order valence-corrected chi connectivity index (χ0v) is 17.9. The van der Waals surface area contributed by atoms with E-state index in [4.69, 9.17) is 0 Å². The molecule has 0 aromatic carbocycles. The number of carbonyl (C=O) groups is 3. The maximum absolute atomic E-state index is 13.0. The molecule has 2 aromatic rings. The van der Waals surface area contributed by atoms with Crippen LogP contribution in [0.5, 0.6) is 0 Å². The van der Waals surface area contributed by atoms with Gasteiger partial charge in [0.1, 0.15) is 5.54 Å². The maximum Gasteiger partial charge on any atom is 0.325 e. The van der Waals surface area contributed by atoms with Crippen LogP contribution in [0.3, 0.4) is 0 Å². The number of imide groups is 1. The molecule has 0 unspecified atom stereocenters. The largest absolute Gasteiger partial charge is 0.332 e. The van der Waals surface area contributed by atoms with E-state index in [0.29, 0.717) is 25.9 Å². The molecule has 0 radical (unpaired) electrons. The normalized spacial score (nSPS) is 18.3. The van der Waals surface area contributed by atoms with Crippen LogP contribution in [0.25, 0.3) is 0 Å². The molecule has 1 saturated carbocycles. The number of hydrogen-bond donors (Lipinski definition) is 1. The zero-order chi connectivity index (χ0) is 20.3. The molecule has 2 aliphatic rings. The van der Waals surface area contributed by atoms with Crippen molar-refractivity contribution in [3.8, 4) is 0 Å². The predicted molar refractivity (Wildman–Crippen MR) is 114 cm³/mol. The predicted octanol–water partition coefficient (Wildman–Crippen LogP) is 3.98. The molecule has 1 N–H and O–H groups in total. The Hall–Kier alpha value is -2.19. The smallest absolute Gasteiger partial charge is 0.325 e. The van der Waals surface area contributed by atoms with Gasteiger partial charge in [-0.05, 0) is 35.7 Å². The number of thiophene rings is 2. The summed E-state index contributed by atoms with van der Waals surface area (Å²) in [4.78, 5) is 43.6. The van der Waals surface area contributed by atoms with Gasteiger partial charge < -0.3 is 10.2 Å². The summed E-state index contributed by atoms with van der Waals surface area (Å²) in [6.45, 7) is 1.22. The monoisotopic (exact) mass is 431 g/mol. The SMILES string of the molecule is O=C(CCN1C(=O)NC2(CCCCC2)C1=O)N(Cc1cccs1)Cc1cccs1. The minimum Gasteiger partial charge on any atom is -0.332 e. The average Bonchev–Trinajstić information content (AvgIpc) is 3.45. The van der Waals surface area contributed by atoms with Gasteiger partial charge in [0, 0.05) is 22.7 Å². The molecule has 29 heavy (non-hydrogen) atoms. The van der Waals surface area contributed by atoms with Crippen molar-refractivity contribution < 1.29 is 14.4 Å². The Kier molecular flexibility index (Phi) is 6.01. The van der Waals surface area contributed by atoms with E-state index in [9.17, 15) is 14.4 Å². The number of carbonyl (C=O) groups excluding carboxylic acids is 3. The van der Waals surface area contributed by atoms with Crippen LogP contribution in [0.4, 0.5) is 4.79 Å². The molecule has 1 aliphatic carbocycles. The van der Waals surface area contributed by atoms with Crippen molar-refractivity contribution in [1.82, 2.24) is 15.1 Å². The van der Waals surface area contributed by atoms with Gasteiger partial charge in [0.25, 0.3) is 5.91 Å². The second kappa shape index (κ2) is 8.67. The van der Waals surface area contributed by atoms with E-state index in [1.807, 2.05) is 39.9 Å². The van der Waals surface area contributed by atoms with E-state index < -0.39 is 5.54 Å². The Balaban J connectivity index is 1.40. The van der Waals surface area contributed by atoms with Gasteiger partial charge in [-0.25, -0.2) is 4.79 Å². The second-order valence-electron chi connectivity index (χ2n) is 7.69. The molecule has 2 aromatic heterocycles. The van der Waals surface area contributed by atoms with Crippen molar-refractivity contribution >= 4 is 40.5 Å². The quantitative estimate of drug-likeness (QED) is 0.674. The fourth-order valence-corrected chi connectivity index (χ4v) is 5.59. The molecule has 154 valence electrons. The van der Waals surface area contributed by atoms with Gasteiger partial charge >= 0.3 is 6.03 Å². The first-order valence-electron chi connectivity index (χ1n) is 10.0. The highest BCUT2D eigenvalue weighted by molar-refractivity contribution is 7.10. The number of nitrogens with zero attached hydrogens (tertiary/aromatic N) is 2. The maximum atomic E-state index is 13.0. The first-order valence-corrected chi connectivity index (χ1v) is 11.8. The number of hydrogen-bond acceptors (Lipinski definition) is 5. The summed E-state index contributed by atoms with van der Waals surface area (Å²) in [6.07, 6.45) is 4.55. The first-order chi connectivity index (χ1) is 14.1. The van der Waals surface area contributed by atoms with Crippen LogP contribution >= 0.6 is 22.7 Å². The molecule has 8 heteroatoms.